The smallest absolute Gasteiger partial charge is 0.331 e. The molecule has 0 saturated carbocycles. The summed E-state index contributed by atoms with van der Waals surface area (Å²) in [5.41, 5.74) is 0.0102. The summed E-state index contributed by atoms with van der Waals surface area (Å²) < 4.78 is 0. The van der Waals surface area contributed by atoms with Gasteiger partial charge in [0.2, 0.25) is 11.6 Å². The molecule has 0 radical (unpaired) electrons. The largest absolute Gasteiger partial charge is 0.478 e. The second-order valence-electron chi connectivity index (χ2n) is 3.58. The van der Waals surface area contributed by atoms with Gasteiger partial charge in [0.05, 0.1) is 19.2 Å². The van der Waals surface area contributed by atoms with Gasteiger partial charge in [0.15, 0.2) is 0 Å². The van der Waals surface area contributed by atoms with Crippen molar-refractivity contribution in [3.05, 3.63) is 11.6 Å². The van der Waals surface area contributed by atoms with Crippen molar-refractivity contribution in [3.8, 4) is 0 Å². The third-order valence-electron chi connectivity index (χ3n) is 2.42. The molecule has 6 nitrogen and oxygen atoms in total. The fourth-order valence-electron chi connectivity index (χ4n) is 1.53. The van der Waals surface area contributed by atoms with Gasteiger partial charge in [0.1, 0.15) is 0 Å². The summed E-state index contributed by atoms with van der Waals surface area (Å²) in [6, 6.07) is -0.851. The molecule has 1 heterocycles. The summed E-state index contributed by atoms with van der Waals surface area (Å²) in [7, 11) is 0. The van der Waals surface area contributed by atoms with Crippen LogP contribution in [0.4, 0.5) is 0 Å². The average Bonchev–Trinajstić information content (AvgIpc) is 2.46. The maximum absolute atomic E-state index is 11.4. The number of aliphatic hydroxyl groups excluding tert-OH is 1. The lowest BCUT2D eigenvalue weighted by Crippen LogP contribution is -2.34. The fraction of sp³-hybridized carbons (Fsp3) is 0.500. The lowest BCUT2D eigenvalue weighted by atomic mass is 10.1. The molecule has 1 unspecified atom stereocenters. The molecule has 1 aliphatic heterocycles. The molecular formula is C10H13NO5. The first-order valence-electron chi connectivity index (χ1n) is 4.81. The van der Waals surface area contributed by atoms with Gasteiger partial charge >= 0.3 is 5.97 Å². The Hall–Kier alpha value is -1.53. The molecule has 6 heteroatoms. The number of likely N-dealkylation sites (tertiary alicyclic amines) is 1. The summed E-state index contributed by atoms with van der Waals surface area (Å²) >= 11 is 0. The van der Waals surface area contributed by atoms with Crippen LogP contribution in [-0.4, -0.2) is 58.4 Å². The molecule has 0 aromatic carbocycles. The van der Waals surface area contributed by atoms with E-state index >= 15 is 0 Å². The van der Waals surface area contributed by atoms with Crippen LogP contribution in [0.1, 0.15) is 6.92 Å². The van der Waals surface area contributed by atoms with Gasteiger partial charge in [0.25, 0.3) is 0 Å². The second-order valence-corrected chi connectivity index (χ2v) is 3.58. The van der Waals surface area contributed by atoms with Crippen molar-refractivity contribution in [2.75, 3.05) is 19.7 Å². The van der Waals surface area contributed by atoms with E-state index in [9.17, 15) is 14.4 Å². The number of carboxylic acids is 1. The summed E-state index contributed by atoms with van der Waals surface area (Å²) in [6.07, 6.45) is 1.24. The highest BCUT2D eigenvalue weighted by Gasteiger charge is 2.37. The minimum atomic E-state index is -1.13. The van der Waals surface area contributed by atoms with Crippen molar-refractivity contribution in [2.24, 2.45) is 0 Å². The number of carbonyl (C=O) groups excluding carboxylic acids is 2. The molecule has 2 N–H and O–H groups in total. The van der Waals surface area contributed by atoms with Gasteiger partial charge in [-0.2, -0.15) is 0 Å². The first-order valence-corrected chi connectivity index (χ1v) is 4.81. The summed E-state index contributed by atoms with van der Waals surface area (Å²) in [6.45, 7) is 1.28. The quantitative estimate of drug-likeness (QED) is 0.464. The first-order chi connectivity index (χ1) is 7.47. The third-order valence-corrected chi connectivity index (χ3v) is 2.42. The first kappa shape index (κ1) is 12.5. The van der Waals surface area contributed by atoms with E-state index in [2.05, 4.69) is 0 Å². The average molecular weight is 227 g/mol. The van der Waals surface area contributed by atoms with Crippen molar-refractivity contribution in [1.82, 2.24) is 4.90 Å². The number of aliphatic hydroxyl groups is 1. The highest BCUT2D eigenvalue weighted by Crippen LogP contribution is 2.13. The number of carbonyl (C=O) groups is 3. The van der Waals surface area contributed by atoms with Crippen LogP contribution in [0.2, 0.25) is 0 Å². The highest BCUT2D eigenvalue weighted by molar-refractivity contribution is 6.42. The summed E-state index contributed by atoms with van der Waals surface area (Å²) in [4.78, 5) is 34.7. The number of rotatable bonds is 4. The minimum absolute atomic E-state index is 0.0102. The van der Waals surface area contributed by atoms with E-state index in [1.807, 2.05) is 0 Å². The summed E-state index contributed by atoms with van der Waals surface area (Å²) in [5, 5.41) is 17.4. The molecular weight excluding hydrogens is 214 g/mol. The minimum Gasteiger partial charge on any atom is -0.478 e. The van der Waals surface area contributed by atoms with E-state index in [1.54, 1.807) is 0 Å². The third kappa shape index (κ3) is 2.53. The molecule has 0 aromatic heterocycles. The maximum atomic E-state index is 11.4. The molecule has 1 atom stereocenters. The van der Waals surface area contributed by atoms with Crippen molar-refractivity contribution in [1.29, 1.82) is 0 Å². The SMILES string of the molecule is CC(=CC1C(=O)C(=O)CN1CCO)C(=O)O. The Kier molecular flexibility index (Phi) is 3.92. The number of aliphatic carboxylic acids is 1. The normalized spacial score (nSPS) is 22.9. The van der Waals surface area contributed by atoms with Gasteiger partial charge in [0, 0.05) is 12.1 Å². The lowest BCUT2D eigenvalue weighted by molar-refractivity contribution is -0.133. The van der Waals surface area contributed by atoms with Gasteiger partial charge in [-0.3, -0.25) is 14.5 Å². The van der Waals surface area contributed by atoms with Crippen LogP contribution in [0, 0.1) is 0 Å². The Balaban J connectivity index is 2.90. The van der Waals surface area contributed by atoms with E-state index in [4.69, 9.17) is 10.2 Å². The Morgan fingerprint density at radius 1 is 1.56 bits per heavy atom. The Morgan fingerprint density at radius 3 is 2.69 bits per heavy atom. The van der Waals surface area contributed by atoms with Crippen LogP contribution in [0.25, 0.3) is 0 Å². The molecule has 1 fully saturated rings. The number of nitrogens with zero attached hydrogens (tertiary/aromatic N) is 1. The molecule has 0 amide bonds. The van der Waals surface area contributed by atoms with Gasteiger partial charge in [-0.05, 0) is 13.0 Å². The molecule has 16 heavy (non-hydrogen) atoms. The molecule has 1 rings (SSSR count). The zero-order chi connectivity index (χ0) is 12.3. The molecule has 1 aliphatic rings. The Labute approximate surface area is 92.2 Å². The fourth-order valence-corrected chi connectivity index (χ4v) is 1.53. The van der Waals surface area contributed by atoms with E-state index in [-0.39, 0.29) is 25.3 Å². The van der Waals surface area contributed by atoms with E-state index in [0.29, 0.717) is 0 Å². The predicted octanol–water partition coefficient (Wildman–Crippen LogP) is -1.17. The van der Waals surface area contributed by atoms with E-state index in [1.165, 1.54) is 17.9 Å². The molecule has 0 aliphatic carbocycles. The number of hydrogen-bond donors (Lipinski definition) is 2. The lowest BCUT2D eigenvalue weighted by Gasteiger charge is -2.18. The Bertz CT molecular complexity index is 360. The van der Waals surface area contributed by atoms with Gasteiger partial charge in [-0.25, -0.2) is 4.79 Å². The molecule has 0 bridgehead atoms. The van der Waals surface area contributed by atoms with E-state index < -0.39 is 23.6 Å². The van der Waals surface area contributed by atoms with Crippen molar-refractivity contribution in [2.45, 2.75) is 13.0 Å². The molecule has 0 aromatic rings. The van der Waals surface area contributed by atoms with Crippen molar-refractivity contribution >= 4 is 17.5 Å². The van der Waals surface area contributed by atoms with Crippen LogP contribution < -0.4 is 0 Å². The van der Waals surface area contributed by atoms with Gasteiger partial charge in [-0.1, -0.05) is 0 Å². The van der Waals surface area contributed by atoms with Crippen LogP contribution >= 0.6 is 0 Å². The summed E-state index contributed by atoms with van der Waals surface area (Å²) in [5.74, 6) is -2.29. The number of hydrogen-bond acceptors (Lipinski definition) is 5. The second kappa shape index (κ2) is 5.00. The van der Waals surface area contributed by atoms with Crippen LogP contribution in [0.3, 0.4) is 0 Å². The van der Waals surface area contributed by atoms with Gasteiger partial charge in [-0.15, -0.1) is 0 Å². The van der Waals surface area contributed by atoms with E-state index in [0.717, 1.165) is 0 Å². The number of carboxylic acid groups (broad SMARTS) is 1. The van der Waals surface area contributed by atoms with Crippen LogP contribution in [0.15, 0.2) is 11.6 Å². The van der Waals surface area contributed by atoms with Crippen LogP contribution in [-0.2, 0) is 14.4 Å². The standard InChI is InChI=1S/C10H13NO5/c1-6(10(15)16)4-7-9(14)8(13)5-11(7)2-3-12/h4,7,12H,2-3,5H2,1H3,(H,15,16). The number of Topliss-reactive ketones (excluding diaryl/α,β-unsaturated/α-hetero) is 2. The molecule has 88 valence electrons. The molecule has 1 saturated heterocycles. The van der Waals surface area contributed by atoms with Gasteiger partial charge < -0.3 is 10.2 Å². The number of β-amino-alcohol motifs (C(OH)–C–C–N with tert-alkyl or cyclic N) is 1. The zero-order valence-electron chi connectivity index (χ0n) is 8.84. The van der Waals surface area contributed by atoms with Crippen molar-refractivity contribution in [3.63, 3.8) is 0 Å². The highest BCUT2D eigenvalue weighted by atomic mass is 16.4. The van der Waals surface area contributed by atoms with Crippen molar-refractivity contribution < 1.29 is 24.6 Å². The molecule has 0 spiro atoms. The maximum Gasteiger partial charge on any atom is 0.331 e. The number of ketones is 2. The monoisotopic (exact) mass is 227 g/mol. The predicted molar refractivity (Wildman–Crippen MR) is 53.9 cm³/mol. The zero-order valence-corrected chi connectivity index (χ0v) is 8.84. The van der Waals surface area contributed by atoms with Crippen LogP contribution in [0.5, 0.6) is 0 Å². The topological polar surface area (TPSA) is 94.9 Å². The Morgan fingerprint density at radius 2 is 2.19 bits per heavy atom.